The highest BCUT2D eigenvalue weighted by Crippen LogP contribution is 2.28. The molecule has 0 spiro atoms. The van der Waals surface area contributed by atoms with Crippen molar-refractivity contribution in [2.45, 2.75) is 6.10 Å². The normalized spacial score (nSPS) is 16.8. The van der Waals surface area contributed by atoms with Crippen LogP contribution in [0.5, 0.6) is 11.5 Å². The van der Waals surface area contributed by atoms with Crippen LogP contribution in [0.2, 0.25) is 5.02 Å². The predicted octanol–water partition coefficient (Wildman–Crippen LogP) is 2.58. The van der Waals surface area contributed by atoms with Gasteiger partial charge in [0, 0.05) is 32.2 Å². The summed E-state index contributed by atoms with van der Waals surface area (Å²) in [6.07, 6.45) is -0.149. The summed E-state index contributed by atoms with van der Waals surface area (Å²) < 4.78 is 29.6. The van der Waals surface area contributed by atoms with Crippen molar-refractivity contribution < 1.29 is 23.4 Å². The van der Waals surface area contributed by atoms with E-state index in [1.807, 2.05) is 0 Å². The van der Waals surface area contributed by atoms with E-state index in [9.17, 15) is 9.18 Å². The highest BCUT2D eigenvalue weighted by molar-refractivity contribution is 6.33. The highest BCUT2D eigenvalue weighted by Gasteiger charge is 2.22. The Morgan fingerprint density at radius 1 is 1.37 bits per heavy atom. The van der Waals surface area contributed by atoms with Crippen LogP contribution >= 0.6 is 11.6 Å². The van der Waals surface area contributed by atoms with Crippen LogP contribution in [0.15, 0.2) is 36.4 Å². The van der Waals surface area contributed by atoms with Crippen LogP contribution in [0.25, 0.3) is 0 Å². The Morgan fingerprint density at radius 2 is 2.13 bits per heavy atom. The van der Waals surface area contributed by atoms with Crippen LogP contribution in [0, 0.1) is 5.82 Å². The van der Waals surface area contributed by atoms with Crippen molar-refractivity contribution in [3.63, 3.8) is 0 Å². The Hall–Kier alpha value is -2.55. The number of anilines is 1. The van der Waals surface area contributed by atoms with Crippen LogP contribution < -0.4 is 20.5 Å². The molecule has 1 aliphatic rings. The molecule has 2 aromatic carbocycles. The first-order chi connectivity index (χ1) is 14.5. The van der Waals surface area contributed by atoms with Gasteiger partial charge in [0.2, 0.25) is 0 Å². The Balaban J connectivity index is 1.46. The molecule has 1 aliphatic heterocycles. The number of nitrogens with two attached hydrogens (primary N) is 1. The van der Waals surface area contributed by atoms with Gasteiger partial charge in [-0.1, -0.05) is 11.6 Å². The summed E-state index contributed by atoms with van der Waals surface area (Å²) in [6, 6.07) is 8.95. The number of rotatable bonds is 8. The van der Waals surface area contributed by atoms with Crippen molar-refractivity contribution in [2.24, 2.45) is 0 Å². The van der Waals surface area contributed by atoms with Crippen LogP contribution in [-0.2, 0) is 4.74 Å². The number of nitrogens with one attached hydrogen (secondary N) is 1. The van der Waals surface area contributed by atoms with Gasteiger partial charge in [-0.15, -0.1) is 0 Å². The van der Waals surface area contributed by atoms with Gasteiger partial charge < -0.3 is 25.3 Å². The molecular weight excluding hydrogens is 413 g/mol. The fourth-order valence-corrected chi connectivity index (χ4v) is 3.31. The molecule has 0 radical (unpaired) electrons. The first kappa shape index (κ1) is 22.1. The minimum absolute atomic E-state index is 0.149. The van der Waals surface area contributed by atoms with Gasteiger partial charge in [-0.2, -0.15) is 0 Å². The van der Waals surface area contributed by atoms with Gasteiger partial charge in [-0.25, -0.2) is 4.39 Å². The Bertz CT molecular complexity index is 866. The number of carbonyl (C=O) groups is 1. The summed E-state index contributed by atoms with van der Waals surface area (Å²) >= 11 is 6.03. The van der Waals surface area contributed by atoms with E-state index in [1.165, 1.54) is 31.4 Å². The summed E-state index contributed by atoms with van der Waals surface area (Å²) in [6.45, 7) is 3.52. The van der Waals surface area contributed by atoms with Crippen molar-refractivity contribution in [3.05, 3.63) is 52.8 Å². The van der Waals surface area contributed by atoms with Gasteiger partial charge in [0.25, 0.3) is 5.91 Å². The SMILES string of the molecule is COc1cc(N)c(Cl)cc1C(=O)NCC1CN(CCOc2ccc(F)cc2)CCO1. The van der Waals surface area contributed by atoms with E-state index in [-0.39, 0.29) is 17.8 Å². The Labute approximate surface area is 179 Å². The van der Waals surface area contributed by atoms with Gasteiger partial charge in [-0.05, 0) is 30.3 Å². The summed E-state index contributed by atoms with van der Waals surface area (Å²) in [4.78, 5) is 14.8. The van der Waals surface area contributed by atoms with E-state index < -0.39 is 0 Å². The van der Waals surface area contributed by atoms with E-state index >= 15 is 0 Å². The second-order valence-electron chi connectivity index (χ2n) is 6.88. The van der Waals surface area contributed by atoms with E-state index in [2.05, 4.69) is 10.2 Å². The standard InChI is InChI=1S/C21H25ClFN3O4/c1-28-20-11-19(24)18(22)10-17(20)21(27)25-12-16-13-26(7-9-30-16)6-8-29-15-4-2-14(23)3-5-15/h2-5,10-11,16H,6-9,12-13,24H2,1H3,(H,25,27). The minimum Gasteiger partial charge on any atom is -0.496 e. The lowest BCUT2D eigenvalue weighted by Crippen LogP contribution is -2.48. The second-order valence-corrected chi connectivity index (χ2v) is 7.29. The number of hydrogen-bond donors (Lipinski definition) is 2. The Kier molecular flexibility index (Phi) is 7.73. The fraction of sp³-hybridized carbons (Fsp3) is 0.381. The topological polar surface area (TPSA) is 86.0 Å². The zero-order chi connectivity index (χ0) is 21.5. The molecule has 3 N–H and O–H groups in total. The van der Waals surface area contributed by atoms with Gasteiger partial charge in [0.1, 0.15) is 23.9 Å². The highest BCUT2D eigenvalue weighted by atomic mass is 35.5. The summed E-state index contributed by atoms with van der Waals surface area (Å²) in [5.41, 5.74) is 6.42. The van der Waals surface area contributed by atoms with Crippen molar-refractivity contribution in [2.75, 3.05) is 52.2 Å². The third-order valence-corrected chi connectivity index (χ3v) is 5.09. The van der Waals surface area contributed by atoms with E-state index in [0.29, 0.717) is 60.6 Å². The number of hydrogen-bond acceptors (Lipinski definition) is 6. The summed E-state index contributed by atoms with van der Waals surface area (Å²) in [5, 5.41) is 3.15. The molecule has 9 heteroatoms. The third kappa shape index (κ3) is 5.98. The molecule has 1 unspecified atom stereocenters. The first-order valence-electron chi connectivity index (χ1n) is 9.60. The molecule has 30 heavy (non-hydrogen) atoms. The molecule has 3 rings (SSSR count). The number of carbonyl (C=O) groups excluding carboxylic acids is 1. The van der Waals surface area contributed by atoms with Gasteiger partial charge >= 0.3 is 0 Å². The molecule has 1 amide bonds. The maximum absolute atomic E-state index is 12.9. The number of ether oxygens (including phenoxy) is 3. The average Bonchev–Trinajstić information content (AvgIpc) is 2.75. The minimum atomic E-state index is -0.311. The smallest absolute Gasteiger partial charge is 0.255 e. The molecule has 1 atom stereocenters. The monoisotopic (exact) mass is 437 g/mol. The molecule has 1 fully saturated rings. The van der Waals surface area contributed by atoms with Crippen LogP contribution in [-0.4, -0.2) is 63.4 Å². The maximum atomic E-state index is 12.9. The number of morpholine rings is 1. The number of benzene rings is 2. The van der Waals surface area contributed by atoms with E-state index in [1.54, 1.807) is 12.1 Å². The number of methoxy groups -OCH3 is 1. The van der Waals surface area contributed by atoms with Crippen LogP contribution in [0.3, 0.4) is 0 Å². The first-order valence-corrected chi connectivity index (χ1v) is 9.97. The molecule has 0 aliphatic carbocycles. The number of nitrogen functional groups attached to an aromatic ring is 1. The molecule has 162 valence electrons. The number of halogens is 2. The molecule has 0 bridgehead atoms. The average molecular weight is 438 g/mol. The van der Waals surface area contributed by atoms with Crippen molar-refractivity contribution >= 4 is 23.2 Å². The lowest BCUT2D eigenvalue weighted by atomic mass is 10.1. The number of amides is 1. The van der Waals surface area contributed by atoms with Crippen molar-refractivity contribution in [1.29, 1.82) is 0 Å². The zero-order valence-electron chi connectivity index (χ0n) is 16.7. The zero-order valence-corrected chi connectivity index (χ0v) is 17.5. The lowest BCUT2D eigenvalue weighted by Gasteiger charge is -2.32. The fourth-order valence-electron chi connectivity index (χ4n) is 3.15. The quantitative estimate of drug-likeness (QED) is 0.617. The molecule has 2 aromatic rings. The summed E-state index contributed by atoms with van der Waals surface area (Å²) in [7, 11) is 1.47. The molecule has 0 aromatic heterocycles. The lowest BCUT2D eigenvalue weighted by molar-refractivity contribution is -0.0293. The van der Waals surface area contributed by atoms with Crippen LogP contribution in [0.1, 0.15) is 10.4 Å². The summed E-state index contributed by atoms with van der Waals surface area (Å²) in [5.74, 6) is 0.386. The molecule has 0 saturated carbocycles. The van der Waals surface area contributed by atoms with E-state index in [0.717, 1.165) is 6.54 Å². The van der Waals surface area contributed by atoms with Crippen LogP contribution in [0.4, 0.5) is 10.1 Å². The van der Waals surface area contributed by atoms with Crippen molar-refractivity contribution in [1.82, 2.24) is 10.2 Å². The van der Waals surface area contributed by atoms with Gasteiger partial charge in [-0.3, -0.25) is 9.69 Å². The Morgan fingerprint density at radius 3 is 2.87 bits per heavy atom. The second kappa shape index (κ2) is 10.5. The molecular formula is C21H25ClFN3O4. The molecule has 7 nitrogen and oxygen atoms in total. The predicted molar refractivity (Wildman–Crippen MR) is 113 cm³/mol. The maximum Gasteiger partial charge on any atom is 0.255 e. The van der Waals surface area contributed by atoms with Gasteiger partial charge in [0.05, 0.1) is 36.1 Å². The molecule has 1 heterocycles. The largest absolute Gasteiger partial charge is 0.496 e. The molecule has 1 saturated heterocycles. The van der Waals surface area contributed by atoms with Gasteiger partial charge in [0.15, 0.2) is 0 Å². The third-order valence-electron chi connectivity index (χ3n) is 4.77. The number of nitrogens with zero attached hydrogens (tertiary/aromatic N) is 1. The van der Waals surface area contributed by atoms with Crippen molar-refractivity contribution in [3.8, 4) is 11.5 Å². The van der Waals surface area contributed by atoms with E-state index in [4.69, 9.17) is 31.5 Å².